The van der Waals surface area contributed by atoms with Crippen molar-refractivity contribution in [2.45, 2.75) is 13.0 Å². The van der Waals surface area contributed by atoms with Gasteiger partial charge in [-0.25, -0.2) is 0 Å². The Morgan fingerprint density at radius 3 is 2.93 bits per heavy atom. The van der Waals surface area contributed by atoms with Gasteiger partial charge in [0, 0.05) is 5.56 Å². The summed E-state index contributed by atoms with van der Waals surface area (Å²) in [4.78, 5) is 0. The molecule has 2 N–H and O–H groups in total. The average Bonchev–Trinajstić information content (AvgIpc) is 2.24. The van der Waals surface area contributed by atoms with Crippen LogP contribution in [0.5, 0.6) is 5.75 Å². The maximum absolute atomic E-state index is 10.0. The lowest BCUT2D eigenvalue weighted by Gasteiger charge is -2.37. The molecule has 0 fully saturated rings. The zero-order valence-electron chi connectivity index (χ0n) is 8.10. The summed E-state index contributed by atoms with van der Waals surface area (Å²) in [6, 6.07) is 7.38. The number of hydrogen-bond acceptors (Lipinski definition) is 3. The molecule has 1 aliphatic heterocycles. The summed E-state index contributed by atoms with van der Waals surface area (Å²) in [6.07, 6.45) is -0.655. The fourth-order valence-electron chi connectivity index (χ4n) is 1.67. The molecule has 0 saturated carbocycles. The van der Waals surface area contributed by atoms with Crippen LogP contribution >= 0.6 is 0 Å². The van der Waals surface area contributed by atoms with Gasteiger partial charge >= 0.3 is 0 Å². The molecule has 2 rings (SSSR count). The Morgan fingerprint density at radius 1 is 1.50 bits per heavy atom. The van der Waals surface area contributed by atoms with Crippen LogP contribution in [-0.4, -0.2) is 23.4 Å². The summed E-state index contributed by atoms with van der Waals surface area (Å²) in [5.41, 5.74) is 0.171. The number of benzene rings is 1. The van der Waals surface area contributed by atoms with Crippen LogP contribution in [0.25, 0.3) is 0 Å². The Hall–Kier alpha value is -1.06. The van der Waals surface area contributed by atoms with Crippen molar-refractivity contribution in [3.63, 3.8) is 0 Å². The van der Waals surface area contributed by atoms with Gasteiger partial charge in [-0.15, -0.1) is 0 Å². The van der Waals surface area contributed by atoms with Crippen LogP contribution in [0.3, 0.4) is 0 Å². The number of para-hydroxylation sites is 1. The fourth-order valence-corrected chi connectivity index (χ4v) is 1.67. The van der Waals surface area contributed by atoms with E-state index >= 15 is 0 Å². The minimum atomic E-state index is -0.655. The number of hydrogen-bond donors (Lipinski definition) is 2. The molecule has 0 aliphatic carbocycles. The van der Waals surface area contributed by atoms with Crippen LogP contribution in [-0.2, 0) is 0 Å². The molecular formula is C11H14O3. The highest BCUT2D eigenvalue weighted by Gasteiger charge is 2.39. The van der Waals surface area contributed by atoms with Gasteiger partial charge in [-0.3, -0.25) is 0 Å². The van der Waals surface area contributed by atoms with E-state index in [9.17, 15) is 10.2 Å². The van der Waals surface area contributed by atoms with Crippen molar-refractivity contribution >= 4 is 0 Å². The Morgan fingerprint density at radius 2 is 2.21 bits per heavy atom. The van der Waals surface area contributed by atoms with Crippen molar-refractivity contribution in [2.24, 2.45) is 5.41 Å². The molecule has 1 aromatic rings. The van der Waals surface area contributed by atoms with Crippen molar-refractivity contribution in [3.05, 3.63) is 29.8 Å². The van der Waals surface area contributed by atoms with Gasteiger partial charge in [-0.05, 0) is 6.07 Å². The molecule has 2 atom stereocenters. The van der Waals surface area contributed by atoms with Crippen molar-refractivity contribution < 1.29 is 14.9 Å². The largest absolute Gasteiger partial charge is 0.492 e. The molecule has 3 heteroatoms. The third kappa shape index (κ3) is 1.29. The van der Waals surface area contributed by atoms with Crippen molar-refractivity contribution in [3.8, 4) is 5.75 Å². The van der Waals surface area contributed by atoms with Gasteiger partial charge in [0.15, 0.2) is 0 Å². The highest BCUT2D eigenvalue weighted by Crippen LogP contribution is 2.42. The van der Waals surface area contributed by atoms with E-state index in [-0.39, 0.29) is 6.61 Å². The molecule has 1 aliphatic rings. The molecule has 0 bridgehead atoms. The molecule has 0 saturated heterocycles. The van der Waals surface area contributed by atoms with Crippen LogP contribution in [0.2, 0.25) is 0 Å². The van der Waals surface area contributed by atoms with Crippen LogP contribution in [0.1, 0.15) is 18.6 Å². The Balaban J connectivity index is 2.41. The third-order valence-electron chi connectivity index (χ3n) is 2.79. The maximum atomic E-state index is 10.0. The second-order valence-corrected chi connectivity index (χ2v) is 4.04. The van der Waals surface area contributed by atoms with Crippen molar-refractivity contribution in [1.82, 2.24) is 0 Å². The van der Waals surface area contributed by atoms with Gasteiger partial charge in [-0.1, -0.05) is 25.1 Å². The number of ether oxygens (including phenoxy) is 1. The minimum absolute atomic E-state index is 0.0809. The van der Waals surface area contributed by atoms with Crippen LogP contribution in [0.4, 0.5) is 0 Å². The molecule has 0 amide bonds. The number of aliphatic hydroxyl groups excluding tert-OH is 2. The topological polar surface area (TPSA) is 49.7 Å². The molecule has 0 aromatic heterocycles. The van der Waals surface area contributed by atoms with E-state index in [1.165, 1.54) is 0 Å². The van der Waals surface area contributed by atoms with E-state index in [1.54, 1.807) is 0 Å². The molecule has 1 heterocycles. The minimum Gasteiger partial charge on any atom is -0.492 e. The first-order valence-corrected chi connectivity index (χ1v) is 4.68. The van der Waals surface area contributed by atoms with Crippen LogP contribution < -0.4 is 4.74 Å². The summed E-state index contributed by atoms with van der Waals surface area (Å²) < 4.78 is 5.48. The van der Waals surface area contributed by atoms with E-state index in [0.717, 1.165) is 5.56 Å². The van der Waals surface area contributed by atoms with Crippen LogP contribution in [0, 0.1) is 5.41 Å². The normalized spacial score (nSPS) is 30.6. The highest BCUT2D eigenvalue weighted by molar-refractivity contribution is 5.38. The second-order valence-electron chi connectivity index (χ2n) is 4.04. The van der Waals surface area contributed by atoms with Gasteiger partial charge in [0.05, 0.1) is 24.7 Å². The molecular weight excluding hydrogens is 180 g/mol. The lowest BCUT2D eigenvalue weighted by atomic mass is 9.80. The van der Waals surface area contributed by atoms with Gasteiger partial charge in [0.2, 0.25) is 0 Å². The molecule has 0 spiro atoms. The first-order valence-electron chi connectivity index (χ1n) is 4.68. The summed E-state index contributed by atoms with van der Waals surface area (Å²) in [7, 11) is 0. The Labute approximate surface area is 83.0 Å². The van der Waals surface area contributed by atoms with Crippen molar-refractivity contribution in [2.75, 3.05) is 13.2 Å². The summed E-state index contributed by atoms with van der Waals surface area (Å²) in [5, 5.41) is 19.2. The molecule has 3 nitrogen and oxygen atoms in total. The predicted octanol–water partition coefficient (Wildman–Crippen LogP) is 1.11. The molecule has 14 heavy (non-hydrogen) atoms. The summed E-state index contributed by atoms with van der Waals surface area (Å²) in [5.74, 6) is 0.714. The highest BCUT2D eigenvalue weighted by atomic mass is 16.5. The lowest BCUT2D eigenvalue weighted by molar-refractivity contribution is -0.0526. The van der Waals surface area contributed by atoms with E-state index in [2.05, 4.69) is 0 Å². The zero-order valence-corrected chi connectivity index (χ0v) is 8.10. The first-order chi connectivity index (χ1) is 6.67. The average molecular weight is 194 g/mol. The summed E-state index contributed by atoms with van der Waals surface area (Å²) in [6.45, 7) is 2.08. The van der Waals surface area contributed by atoms with Crippen molar-refractivity contribution in [1.29, 1.82) is 0 Å². The smallest absolute Gasteiger partial charge is 0.125 e. The van der Waals surface area contributed by atoms with Gasteiger partial charge < -0.3 is 14.9 Å². The molecule has 1 aromatic carbocycles. The fraction of sp³-hybridized carbons (Fsp3) is 0.455. The number of aliphatic hydroxyl groups is 2. The standard InChI is InChI=1S/C11H14O3/c1-11(6-12)7-14-9-5-3-2-4-8(9)10(11)13/h2-5,10,12-13H,6-7H2,1H3/t10-,11-/m1/s1. The Bertz CT molecular complexity index is 337. The monoisotopic (exact) mass is 194 g/mol. The van der Waals surface area contributed by atoms with E-state index in [0.29, 0.717) is 12.4 Å². The SMILES string of the molecule is C[C@@]1(CO)COc2ccccc2[C@H]1O. The molecule has 0 radical (unpaired) electrons. The number of fused-ring (bicyclic) bond motifs is 1. The van der Waals surface area contributed by atoms with Crippen LogP contribution in [0.15, 0.2) is 24.3 Å². The maximum Gasteiger partial charge on any atom is 0.125 e. The number of rotatable bonds is 1. The predicted molar refractivity (Wildman–Crippen MR) is 52.1 cm³/mol. The molecule has 0 unspecified atom stereocenters. The first kappa shape index (κ1) is 9.49. The van der Waals surface area contributed by atoms with Gasteiger partial charge in [0.25, 0.3) is 0 Å². The summed E-state index contributed by atoms with van der Waals surface area (Å²) >= 11 is 0. The quantitative estimate of drug-likeness (QED) is 0.704. The van der Waals surface area contributed by atoms with Gasteiger partial charge in [0.1, 0.15) is 5.75 Å². The second kappa shape index (κ2) is 3.26. The molecule has 76 valence electrons. The van der Waals surface area contributed by atoms with Gasteiger partial charge in [-0.2, -0.15) is 0 Å². The van der Waals surface area contributed by atoms with E-state index in [1.807, 2.05) is 31.2 Å². The third-order valence-corrected chi connectivity index (χ3v) is 2.79. The lowest BCUT2D eigenvalue weighted by Crippen LogP contribution is -2.39. The van der Waals surface area contributed by atoms with E-state index in [4.69, 9.17) is 4.74 Å². The zero-order chi connectivity index (χ0) is 10.2. The Kier molecular flexibility index (Phi) is 2.21. The van der Waals surface area contributed by atoms with E-state index < -0.39 is 11.5 Å².